The quantitative estimate of drug-likeness (QED) is 0.440. The molecule has 1 heterocycles. The first-order chi connectivity index (χ1) is 15.3. The summed E-state index contributed by atoms with van der Waals surface area (Å²) in [7, 11) is 3.17. The van der Waals surface area contributed by atoms with Crippen LogP contribution in [0.1, 0.15) is 37.8 Å². The number of hydrogen-bond acceptors (Lipinski definition) is 7. The Morgan fingerprint density at radius 3 is 2.31 bits per heavy atom. The average Bonchev–Trinajstić information content (AvgIpc) is 3.20. The number of aryl methyl sites for hydroxylation is 1. The van der Waals surface area contributed by atoms with E-state index < -0.39 is 12.0 Å². The van der Waals surface area contributed by atoms with Gasteiger partial charge < -0.3 is 19.7 Å². The summed E-state index contributed by atoms with van der Waals surface area (Å²) < 4.78 is 10.7. The number of nitrogens with zero attached hydrogens (tertiary/aromatic N) is 4. The van der Waals surface area contributed by atoms with E-state index in [0.29, 0.717) is 24.3 Å². The van der Waals surface area contributed by atoms with E-state index in [9.17, 15) is 10.2 Å². The first-order valence-corrected chi connectivity index (χ1v) is 11.0. The van der Waals surface area contributed by atoms with Gasteiger partial charge in [0.05, 0.1) is 6.54 Å². The van der Waals surface area contributed by atoms with Crippen molar-refractivity contribution in [3.63, 3.8) is 0 Å². The molecule has 0 saturated heterocycles. The summed E-state index contributed by atoms with van der Waals surface area (Å²) in [4.78, 5) is 3.39. The molecular weight excluding hydrogens is 408 g/mol. The average molecular weight is 443 g/mol. The Bertz CT molecular complexity index is 997. The van der Waals surface area contributed by atoms with E-state index in [1.807, 2.05) is 48.2 Å². The molecule has 1 atom stereocenters. The Balaban J connectivity index is 1.93. The van der Waals surface area contributed by atoms with Crippen LogP contribution in [0, 0.1) is 6.92 Å². The molecule has 1 aromatic heterocycles. The lowest BCUT2D eigenvalue weighted by atomic mass is 9.98. The molecule has 0 radical (unpaired) electrons. The maximum absolute atomic E-state index is 11.5. The molecule has 8 heteroatoms. The number of aromatic nitrogens is 3. The molecule has 0 aliphatic rings. The van der Waals surface area contributed by atoms with Crippen molar-refractivity contribution in [2.45, 2.75) is 52.0 Å². The summed E-state index contributed by atoms with van der Waals surface area (Å²) in [6, 6.07) is 11.3. The predicted molar refractivity (Wildman–Crippen MR) is 124 cm³/mol. The zero-order valence-corrected chi connectivity index (χ0v) is 19.6. The molecule has 0 fully saturated rings. The SMILES string of the molecule is CCCCN(CC(OC)OC)C(C)(O)Cc1cc(C)cc(-n2nc3ccccc3n2)c1O. The molecule has 0 saturated carbocycles. The summed E-state index contributed by atoms with van der Waals surface area (Å²) >= 11 is 0. The topological polar surface area (TPSA) is 92.9 Å². The molecule has 2 aromatic carbocycles. The highest BCUT2D eigenvalue weighted by Gasteiger charge is 2.32. The van der Waals surface area contributed by atoms with Crippen molar-refractivity contribution >= 4 is 11.0 Å². The number of phenolic OH excluding ortho intramolecular Hbond substituents is 1. The minimum absolute atomic E-state index is 0.0571. The summed E-state index contributed by atoms with van der Waals surface area (Å²) in [5, 5.41) is 31.6. The monoisotopic (exact) mass is 442 g/mol. The Labute approximate surface area is 189 Å². The van der Waals surface area contributed by atoms with Crippen molar-refractivity contribution in [1.29, 1.82) is 0 Å². The lowest BCUT2D eigenvalue weighted by molar-refractivity contribution is -0.164. The van der Waals surface area contributed by atoms with Crippen LogP contribution in [0.2, 0.25) is 0 Å². The van der Waals surface area contributed by atoms with Crippen LogP contribution in [0.25, 0.3) is 16.7 Å². The highest BCUT2D eigenvalue weighted by molar-refractivity contribution is 5.73. The third-order valence-electron chi connectivity index (χ3n) is 5.70. The van der Waals surface area contributed by atoms with Crippen molar-refractivity contribution in [3.05, 3.63) is 47.5 Å². The van der Waals surface area contributed by atoms with E-state index in [0.717, 1.165) is 29.4 Å². The third kappa shape index (κ3) is 5.45. The van der Waals surface area contributed by atoms with Gasteiger partial charge in [0.2, 0.25) is 0 Å². The van der Waals surface area contributed by atoms with Crippen LogP contribution in [-0.2, 0) is 15.9 Å². The van der Waals surface area contributed by atoms with Gasteiger partial charge in [-0.05, 0) is 44.0 Å². The number of aliphatic hydroxyl groups is 1. The van der Waals surface area contributed by atoms with Gasteiger partial charge in [-0.3, -0.25) is 4.90 Å². The van der Waals surface area contributed by atoms with Crippen LogP contribution >= 0.6 is 0 Å². The Morgan fingerprint density at radius 1 is 1.12 bits per heavy atom. The largest absolute Gasteiger partial charge is 0.505 e. The van der Waals surface area contributed by atoms with Gasteiger partial charge in [0.15, 0.2) is 6.29 Å². The van der Waals surface area contributed by atoms with Gasteiger partial charge in [0.1, 0.15) is 28.2 Å². The fourth-order valence-electron chi connectivity index (χ4n) is 3.86. The van der Waals surface area contributed by atoms with Crippen LogP contribution in [0.5, 0.6) is 5.75 Å². The second kappa shape index (κ2) is 10.4. The number of fused-ring (bicyclic) bond motifs is 1. The standard InChI is InChI=1S/C24H34N4O4/c1-6-7-12-27(16-22(31-4)32-5)24(3,30)15-18-13-17(2)14-21(23(18)29)28-25-19-10-8-9-11-20(19)26-28/h8-11,13-14,22,29-30H,6-7,12,15-16H2,1-5H3. The van der Waals surface area contributed by atoms with Gasteiger partial charge >= 0.3 is 0 Å². The Morgan fingerprint density at radius 2 is 1.75 bits per heavy atom. The number of unbranched alkanes of at least 4 members (excludes halogenated alkanes) is 1. The molecule has 3 rings (SSSR count). The number of ether oxygens (including phenoxy) is 2. The van der Waals surface area contributed by atoms with Crippen molar-refractivity contribution in [2.24, 2.45) is 0 Å². The molecule has 2 N–H and O–H groups in total. The third-order valence-corrected chi connectivity index (χ3v) is 5.70. The van der Waals surface area contributed by atoms with Gasteiger partial charge in [0.25, 0.3) is 0 Å². The second-order valence-electron chi connectivity index (χ2n) is 8.36. The van der Waals surface area contributed by atoms with E-state index in [2.05, 4.69) is 17.1 Å². The van der Waals surface area contributed by atoms with Crippen LogP contribution in [-0.4, -0.2) is 69.4 Å². The smallest absolute Gasteiger partial charge is 0.169 e. The maximum atomic E-state index is 11.5. The van der Waals surface area contributed by atoms with Crippen molar-refractivity contribution in [1.82, 2.24) is 19.9 Å². The number of methoxy groups -OCH3 is 2. The molecule has 0 spiro atoms. The number of rotatable bonds is 11. The normalized spacial score (nSPS) is 13.9. The van der Waals surface area contributed by atoms with Crippen molar-refractivity contribution in [3.8, 4) is 11.4 Å². The maximum Gasteiger partial charge on any atom is 0.169 e. The van der Waals surface area contributed by atoms with Crippen LogP contribution < -0.4 is 0 Å². The molecule has 1 unspecified atom stereocenters. The fraction of sp³-hybridized carbons (Fsp3) is 0.500. The highest BCUT2D eigenvalue weighted by Crippen LogP contribution is 2.32. The van der Waals surface area contributed by atoms with Crippen LogP contribution in [0.4, 0.5) is 0 Å². The first kappa shape index (κ1) is 24.1. The molecule has 32 heavy (non-hydrogen) atoms. The summed E-state index contributed by atoms with van der Waals surface area (Å²) in [5.74, 6) is 0.0571. The summed E-state index contributed by atoms with van der Waals surface area (Å²) in [6.07, 6.45) is 1.68. The molecular formula is C24H34N4O4. The number of aromatic hydroxyl groups is 1. The van der Waals surface area contributed by atoms with Gasteiger partial charge in [-0.15, -0.1) is 15.0 Å². The van der Waals surface area contributed by atoms with E-state index in [-0.39, 0.29) is 12.2 Å². The zero-order chi connectivity index (χ0) is 23.3. The van der Waals surface area contributed by atoms with Gasteiger partial charge in [-0.2, -0.15) is 0 Å². The number of benzene rings is 2. The zero-order valence-electron chi connectivity index (χ0n) is 19.6. The molecule has 0 amide bonds. The summed E-state index contributed by atoms with van der Waals surface area (Å²) in [5.41, 5.74) is 2.32. The van der Waals surface area contributed by atoms with E-state index in [4.69, 9.17) is 9.47 Å². The van der Waals surface area contributed by atoms with Crippen LogP contribution in [0.15, 0.2) is 36.4 Å². The van der Waals surface area contributed by atoms with Crippen LogP contribution in [0.3, 0.4) is 0 Å². The Kier molecular flexibility index (Phi) is 7.84. The number of hydrogen-bond donors (Lipinski definition) is 2. The van der Waals surface area contributed by atoms with Gasteiger partial charge in [0, 0.05) is 32.7 Å². The Hall–Kier alpha value is -2.52. The van der Waals surface area contributed by atoms with E-state index in [1.165, 1.54) is 4.80 Å². The molecule has 0 aliphatic heterocycles. The summed E-state index contributed by atoms with van der Waals surface area (Å²) in [6.45, 7) is 6.90. The first-order valence-electron chi connectivity index (χ1n) is 11.0. The number of phenols is 1. The van der Waals surface area contributed by atoms with E-state index in [1.54, 1.807) is 21.1 Å². The van der Waals surface area contributed by atoms with E-state index >= 15 is 0 Å². The van der Waals surface area contributed by atoms with Gasteiger partial charge in [-0.25, -0.2) is 0 Å². The highest BCUT2D eigenvalue weighted by atomic mass is 16.7. The minimum atomic E-state index is -1.23. The lowest BCUT2D eigenvalue weighted by Crippen LogP contribution is -2.52. The molecule has 3 aromatic rings. The molecule has 0 aliphatic carbocycles. The lowest BCUT2D eigenvalue weighted by Gasteiger charge is -2.39. The predicted octanol–water partition coefficient (Wildman–Crippen LogP) is 3.41. The molecule has 174 valence electrons. The fourth-order valence-corrected chi connectivity index (χ4v) is 3.86. The second-order valence-corrected chi connectivity index (χ2v) is 8.36. The van der Waals surface area contributed by atoms with Crippen molar-refractivity contribution < 1.29 is 19.7 Å². The molecule has 0 bridgehead atoms. The van der Waals surface area contributed by atoms with Gasteiger partial charge in [-0.1, -0.05) is 31.5 Å². The molecule has 8 nitrogen and oxygen atoms in total. The minimum Gasteiger partial charge on any atom is -0.505 e. The van der Waals surface area contributed by atoms with Crippen molar-refractivity contribution in [2.75, 3.05) is 27.3 Å².